The van der Waals surface area contributed by atoms with Gasteiger partial charge in [-0.3, -0.25) is 9.78 Å². The van der Waals surface area contributed by atoms with Crippen LogP contribution in [-0.4, -0.2) is 15.9 Å². The van der Waals surface area contributed by atoms with Gasteiger partial charge >= 0.3 is 0 Å². The number of hydrogen-bond acceptors (Lipinski definition) is 2. The summed E-state index contributed by atoms with van der Waals surface area (Å²) in [6.45, 7) is 0.284. The van der Waals surface area contributed by atoms with Crippen molar-refractivity contribution in [2.45, 2.75) is 18.9 Å². The minimum Gasteiger partial charge on any atom is -0.361 e. The van der Waals surface area contributed by atoms with Gasteiger partial charge in [-0.2, -0.15) is 0 Å². The summed E-state index contributed by atoms with van der Waals surface area (Å²) in [5.41, 5.74) is 2.70. The highest BCUT2D eigenvalue weighted by Crippen LogP contribution is 2.34. The topological polar surface area (TPSA) is 57.8 Å². The monoisotopic (exact) mass is 391 g/mol. The number of aromatic nitrogens is 2. The lowest BCUT2D eigenvalue weighted by Crippen LogP contribution is -2.25. The molecule has 0 saturated carbocycles. The van der Waals surface area contributed by atoms with Crippen LogP contribution in [0.2, 0.25) is 0 Å². The minimum absolute atomic E-state index is 0.0250. The zero-order chi connectivity index (χ0) is 20.2. The fourth-order valence-electron chi connectivity index (χ4n) is 3.50. The van der Waals surface area contributed by atoms with E-state index in [-0.39, 0.29) is 24.4 Å². The molecule has 2 N–H and O–H groups in total. The molecule has 29 heavy (non-hydrogen) atoms. The van der Waals surface area contributed by atoms with E-state index in [1.54, 1.807) is 18.5 Å². The van der Waals surface area contributed by atoms with E-state index >= 15 is 0 Å². The molecule has 0 fully saturated rings. The second-order valence-corrected chi connectivity index (χ2v) is 6.81. The molecule has 2 aromatic carbocycles. The van der Waals surface area contributed by atoms with E-state index in [0.29, 0.717) is 0 Å². The lowest BCUT2D eigenvalue weighted by Gasteiger charge is -2.18. The fourth-order valence-corrected chi connectivity index (χ4v) is 3.50. The van der Waals surface area contributed by atoms with Crippen LogP contribution in [0, 0.1) is 11.6 Å². The van der Waals surface area contributed by atoms with Crippen molar-refractivity contribution < 1.29 is 13.6 Å². The van der Waals surface area contributed by atoms with Crippen LogP contribution in [0.4, 0.5) is 8.78 Å². The summed E-state index contributed by atoms with van der Waals surface area (Å²) in [6.07, 6.45) is 3.46. The van der Waals surface area contributed by atoms with Crippen LogP contribution >= 0.6 is 0 Å². The molecule has 4 rings (SSSR count). The lowest BCUT2D eigenvalue weighted by molar-refractivity contribution is -0.121. The van der Waals surface area contributed by atoms with Crippen molar-refractivity contribution in [3.63, 3.8) is 0 Å². The van der Waals surface area contributed by atoms with E-state index in [0.717, 1.165) is 28.2 Å². The third-order valence-corrected chi connectivity index (χ3v) is 4.92. The predicted octanol–water partition coefficient (Wildman–Crippen LogP) is 4.68. The van der Waals surface area contributed by atoms with Gasteiger partial charge in [0.1, 0.15) is 11.6 Å². The number of para-hydroxylation sites is 1. The zero-order valence-electron chi connectivity index (χ0n) is 15.5. The number of carbonyl (C=O) groups excluding carboxylic acids is 1. The van der Waals surface area contributed by atoms with Crippen LogP contribution in [-0.2, 0) is 11.3 Å². The summed E-state index contributed by atoms with van der Waals surface area (Å²) in [6, 6.07) is 16.6. The van der Waals surface area contributed by atoms with Crippen molar-refractivity contribution in [2.75, 3.05) is 0 Å². The van der Waals surface area contributed by atoms with Gasteiger partial charge in [0.2, 0.25) is 5.91 Å². The molecule has 2 aromatic heterocycles. The number of H-pyrrole nitrogens is 1. The fraction of sp³-hybridized carbons (Fsp3) is 0.130. The summed E-state index contributed by atoms with van der Waals surface area (Å²) < 4.78 is 28.0. The summed E-state index contributed by atoms with van der Waals surface area (Å²) >= 11 is 0. The predicted molar refractivity (Wildman–Crippen MR) is 107 cm³/mol. The first kappa shape index (κ1) is 18.8. The Morgan fingerprint density at radius 3 is 2.66 bits per heavy atom. The third kappa shape index (κ3) is 4.16. The molecule has 1 atom stereocenters. The molecule has 0 aliphatic rings. The minimum atomic E-state index is -0.669. The molecule has 2 heterocycles. The maximum absolute atomic E-state index is 14.6. The number of amides is 1. The number of aromatic amines is 1. The standard InChI is InChI=1S/C23H19F2N3O/c24-15-8-9-17(21(25)11-15)19(20-14-27-22-7-2-1-6-18(20)22)12-23(29)28-13-16-5-3-4-10-26-16/h1-11,14,19,27H,12-13H2,(H,28,29). The molecular formula is C23H19F2N3O. The first-order valence-electron chi connectivity index (χ1n) is 9.29. The van der Waals surface area contributed by atoms with Gasteiger partial charge in [0.05, 0.1) is 12.2 Å². The van der Waals surface area contributed by atoms with Crippen LogP contribution in [0.1, 0.15) is 29.2 Å². The van der Waals surface area contributed by atoms with E-state index in [2.05, 4.69) is 15.3 Å². The maximum Gasteiger partial charge on any atom is 0.221 e. The van der Waals surface area contributed by atoms with Crippen LogP contribution in [0.5, 0.6) is 0 Å². The van der Waals surface area contributed by atoms with E-state index < -0.39 is 17.6 Å². The molecule has 0 radical (unpaired) electrons. The number of halogens is 2. The van der Waals surface area contributed by atoms with Crippen molar-refractivity contribution in [2.24, 2.45) is 0 Å². The number of benzene rings is 2. The number of fused-ring (bicyclic) bond motifs is 1. The first-order valence-corrected chi connectivity index (χ1v) is 9.29. The molecule has 1 unspecified atom stereocenters. The average Bonchev–Trinajstić information content (AvgIpc) is 3.16. The summed E-state index contributed by atoms with van der Waals surface area (Å²) in [5.74, 6) is -2.12. The average molecular weight is 391 g/mol. The second-order valence-electron chi connectivity index (χ2n) is 6.81. The van der Waals surface area contributed by atoms with Crippen molar-refractivity contribution in [1.29, 1.82) is 0 Å². The van der Waals surface area contributed by atoms with Crippen molar-refractivity contribution in [1.82, 2.24) is 15.3 Å². The van der Waals surface area contributed by atoms with E-state index in [1.165, 1.54) is 12.1 Å². The summed E-state index contributed by atoms with van der Waals surface area (Å²) in [4.78, 5) is 20.0. The Labute approximate surface area is 166 Å². The number of rotatable bonds is 6. The van der Waals surface area contributed by atoms with Gasteiger partial charge in [0.25, 0.3) is 0 Å². The van der Waals surface area contributed by atoms with Gasteiger partial charge in [-0.15, -0.1) is 0 Å². The molecule has 0 spiro atoms. The molecule has 0 saturated heterocycles. The molecule has 146 valence electrons. The number of nitrogens with one attached hydrogen (secondary N) is 2. The van der Waals surface area contributed by atoms with Crippen molar-refractivity contribution in [3.8, 4) is 0 Å². The first-order chi connectivity index (χ1) is 14.1. The number of nitrogens with zero attached hydrogens (tertiary/aromatic N) is 1. The Morgan fingerprint density at radius 1 is 1.03 bits per heavy atom. The SMILES string of the molecule is O=C(CC(c1ccc(F)cc1F)c1c[nH]c2ccccc12)NCc1ccccn1. The zero-order valence-corrected chi connectivity index (χ0v) is 15.5. The van der Waals surface area contributed by atoms with Gasteiger partial charge in [0.15, 0.2) is 0 Å². The normalized spacial score (nSPS) is 12.1. The smallest absolute Gasteiger partial charge is 0.221 e. The number of hydrogen-bond donors (Lipinski definition) is 2. The quantitative estimate of drug-likeness (QED) is 0.501. The summed E-state index contributed by atoms with van der Waals surface area (Å²) in [5, 5.41) is 3.73. The second kappa shape index (κ2) is 8.22. The molecule has 4 aromatic rings. The van der Waals surface area contributed by atoms with Crippen LogP contribution in [0.15, 0.2) is 73.1 Å². The van der Waals surface area contributed by atoms with Gasteiger partial charge < -0.3 is 10.3 Å². The molecule has 4 nitrogen and oxygen atoms in total. The van der Waals surface area contributed by atoms with Crippen LogP contribution in [0.25, 0.3) is 10.9 Å². The highest BCUT2D eigenvalue weighted by molar-refractivity contribution is 5.86. The highest BCUT2D eigenvalue weighted by Gasteiger charge is 2.24. The number of carbonyl (C=O) groups is 1. The molecule has 0 aliphatic carbocycles. The molecular weight excluding hydrogens is 372 g/mol. The van der Waals surface area contributed by atoms with Gasteiger partial charge in [-0.05, 0) is 35.4 Å². The molecule has 6 heteroatoms. The third-order valence-electron chi connectivity index (χ3n) is 4.92. The molecule has 0 aliphatic heterocycles. The van der Waals surface area contributed by atoms with Gasteiger partial charge in [-0.25, -0.2) is 8.78 Å². The molecule has 1 amide bonds. The summed E-state index contributed by atoms with van der Waals surface area (Å²) in [7, 11) is 0. The van der Waals surface area contributed by atoms with E-state index in [1.807, 2.05) is 36.4 Å². The largest absolute Gasteiger partial charge is 0.361 e. The van der Waals surface area contributed by atoms with E-state index in [9.17, 15) is 13.6 Å². The Kier molecular flexibility index (Phi) is 5.33. The Hall–Kier alpha value is -3.54. The van der Waals surface area contributed by atoms with Gasteiger partial charge in [-0.1, -0.05) is 30.3 Å². The van der Waals surface area contributed by atoms with Gasteiger partial charge in [0, 0.05) is 41.7 Å². The Morgan fingerprint density at radius 2 is 1.86 bits per heavy atom. The maximum atomic E-state index is 14.6. The highest BCUT2D eigenvalue weighted by atomic mass is 19.1. The Bertz CT molecular complexity index is 1140. The van der Waals surface area contributed by atoms with Crippen LogP contribution in [0.3, 0.4) is 0 Å². The number of pyridine rings is 1. The van der Waals surface area contributed by atoms with Crippen molar-refractivity contribution >= 4 is 16.8 Å². The van der Waals surface area contributed by atoms with E-state index in [4.69, 9.17) is 0 Å². The van der Waals surface area contributed by atoms with Crippen molar-refractivity contribution in [3.05, 3.63) is 102 Å². The van der Waals surface area contributed by atoms with Crippen LogP contribution < -0.4 is 5.32 Å². The Balaban J connectivity index is 1.64. The lowest BCUT2D eigenvalue weighted by atomic mass is 9.87. The molecule has 0 bridgehead atoms.